The summed E-state index contributed by atoms with van der Waals surface area (Å²) in [5.74, 6) is 0.662. The lowest BCUT2D eigenvalue weighted by atomic mass is 9.93. The van der Waals surface area contributed by atoms with Crippen molar-refractivity contribution in [2.24, 2.45) is 5.92 Å². The molecule has 0 aromatic carbocycles. The zero-order valence-corrected chi connectivity index (χ0v) is 15.0. The van der Waals surface area contributed by atoms with Crippen LogP contribution in [0.15, 0.2) is 11.4 Å². The number of hydrogen-bond acceptors (Lipinski definition) is 3. The van der Waals surface area contributed by atoms with Gasteiger partial charge in [-0.25, -0.2) is 0 Å². The van der Waals surface area contributed by atoms with Crippen LogP contribution >= 0.6 is 33.9 Å². The minimum absolute atomic E-state index is 0.0389. The lowest BCUT2D eigenvalue weighted by Gasteiger charge is -2.31. The maximum absolute atomic E-state index is 12.1. The molecule has 1 unspecified atom stereocenters. The third kappa shape index (κ3) is 5.04. The Kier molecular flexibility index (Phi) is 7.31. The van der Waals surface area contributed by atoms with E-state index in [2.05, 4.69) is 60.8 Å². The van der Waals surface area contributed by atoms with Gasteiger partial charge in [-0.3, -0.25) is 4.79 Å². The molecule has 1 amide bonds. The maximum Gasteiger partial charge on any atom is 0.252 e. The van der Waals surface area contributed by atoms with Gasteiger partial charge in [0.1, 0.15) is 0 Å². The van der Waals surface area contributed by atoms with E-state index in [1.807, 2.05) is 11.4 Å². The van der Waals surface area contributed by atoms with Gasteiger partial charge < -0.3 is 10.2 Å². The van der Waals surface area contributed by atoms with Crippen molar-refractivity contribution < 1.29 is 4.79 Å². The minimum atomic E-state index is 0.0389. The second-order valence-electron chi connectivity index (χ2n) is 4.96. The standard InChI is InChI=1S/C14H23IN2OS/c1-5-10(6-2)12(17(3)4)8-16-14(18)11-7-13(15)19-9-11/h7,9-10,12H,5-6,8H2,1-4H3,(H,16,18). The second-order valence-corrected chi connectivity index (χ2v) is 7.76. The molecule has 0 spiro atoms. The molecule has 0 saturated heterocycles. The van der Waals surface area contributed by atoms with Gasteiger partial charge in [0.2, 0.25) is 0 Å². The molecule has 5 heteroatoms. The van der Waals surface area contributed by atoms with Gasteiger partial charge in [0.25, 0.3) is 5.91 Å². The normalized spacial score (nSPS) is 13.0. The first-order valence-corrected chi connectivity index (χ1v) is 8.64. The fraction of sp³-hybridized carbons (Fsp3) is 0.643. The third-order valence-electron chi connectivity index (χ3n) is 3.56. The fourth-order valence-electron chi connectivity index (χ4n) is 2.33. The Balaban J connectivity index is 2.59. The molecule has 0 aliphatic carbocycles. The lowest BCUT2D eigenvalue weighted by Crippen LogP contribution is -2.44. The molecule has 0 fully saturated rings. The first-order chi connectivity index (χ1) is 8.99. The molecule has 0 saturated carbocycles. The summed E-state index contributed by atoms with van der Waals surface area (Å²) < 4.78 is 1.15. The smallest absolute Gasteiger partial charge is 0.252 e. The second kappa shape index (κ2) is 8.21. The highest BCUT2D eigenvalue weighted by Crippen LogP contribution is 2.18. The fourth-order valence-corrected chi connectivity index (χ4v) is 3.66. The summed E-state index contributed by atoms with van der Waals surface area (Å²) in [6.45, 7) is 5.14. The SMILES string of the molecule is CCC(CC)C(CNC(=O)c1csc(I)c1)N(C)C. The third-order valence-corrected chi connectivity index (χ3v) is 5.35. The van der Waals surface area contributed by atoms with Gasteiger partial charge in [-0.05, 0) is 48.7 Å². The van der Waals surface area contributed by atoms with Crippen LogP contribution in [-0.2, 0) is 0 Å². The largest absolute Gasteiger partial charge is 0.350 e. The molecule has 0 aliphatic heterocycles. The van der Waals surface area contributed by atoms with E-state index < -0.39 is 0 Å². The van der Waals surface area contributed by atoms with Crippen molar-refractivity contribution in [3.63, 3.8) is 0 Å². The molecule has 0 radical (unpaired) electrons. The number of carbonyl (C=O) groups is 1. The molecule has 0 aliphatic rings. The molecule has 1 aromatic rings. The summed E-state index contributed by atoms with van der Waals surface area (Å²) in [4.78, 5) is 14.3. The number of carbonyl (C=O) groups excluding carboxylic acids is 1. The van der Waals surface area contributed by atoms with E-state index in [0.717, 1.165) is 21.3 Å². The van der Waals surface area contributed by atoms with E-state index in [4.69, 9.17) is 0 Å². The van der Waals surface area contributed by atoms with E-state index in [0.29, 0.717) is 18.5 Å². The van der Waals surface area contributed by atoms with Gasteiger partial charge in [-0.1, -0.05) is 26.7 Å². The van der Waals surface area contributed by atoms with Crippen LogP contribution < -0.4 is 5.32 Å². The van der Waals surface area contributed by atoms with Crippen molar-refractivity contribution in [3.8, 4) is 0 Å². The predicted octanol–water partition coefficient (Wildman–Crippen LogP) is 3.45. The zero-order valence-electron chi connectivity index (χ0n) is 12.1. The average Bonchev–Trinajstić information content (AvgIpc) is 2.80. The Bertz CT molecular complexity index is 402. The van der Waals surface area contributed by atoms with Gasteiger partial charge in [0.05, 0.1) is 8.45 Å². The molecule has 19 heavy (non-hydrogen) atoms. The van der Waals surface area contributed by atoms with Gasteiger partial charge in [0, 0.05) is 18.0 Å². The number of thiophene rings is 1. The number of rotatable bonds is 7. The summed E-state index contributed by atoms with van der Waals surface area (Å²) in [6.07, 6.45) is 2.29. The highest BCUT2D eigenvalue weighted by molar-refractivity contribution is 14.1. The lowest BCUT2D eigenvalue weighted by molar-refractivity contribution is 0.0929. The molecule has 1 N–H and O–H groups in total. The highest BCUT2D eigenvalue weighted by atomic mass is 127. The van der Waals surface area contributed by atoms with Crippen LogP contribution in [0.3, 0.4) is 0 Å². The van der Waals surface area contributed by atoms with Crippen LogP contribution in [0, 0.1) is 8.80 Å². The van der Waals surface area contributed by atoms with Crippen LogP contribution in [0.4, 0.5) is 0 Å². The predicted molar refractivity (Wildman–Crippen MR) is 90.9 cm³/mol. The van der Waals surface area contributed by atoms with Gasteiger partial charge in [-0.2, -0.15) is 0 Å². The van der Waals surface area contributed by atoms with Crippen molar-refractivity contribution >= 4 is 39.8 Å². The molecular weight excluding hydrogens is 371 g/mol. The van der Waals surface area contributed by atoms with E-state index in [1.54, 1.807) is 11.3 Å². The molecule has 3 nitrogen and oxygen atoms in total. The summed E-state index contributed by atoms with van der Waals surface area (Å²) in [5, 5.41) is 4.98. The van der Waals surface area contributed by atoms with Crippen molar-refractivity contribution in [3.05, 3.63) is 19.9 Å². The first-order valence-electron chi connectivity index (χ1n) is 6.68. The number of nitrogens with zero attached hydrogens (tertiary/aromatic N) is 1. The van der Waals surface area contributed by atoms with Crippen molar-refractivity contribution in [1.29, 1.82) is 0 Å². The van der Waals surface area contributed by atoms with Gasteiger partial charge in [0.15, 0.2) is 0 Å². The van der Waals surface area contributed by atoms with E-state index >= 15 is 0 Å². The number of hydrogen-bond donors (Lipinski definition) is 1. The minimum Gasteiger partial charge on any atom is -0.350 e. The van der Waals surface area contributed by atoms with Crippen molar-refractivity contribution in [2.45, 2.75) is 32.7 Å². The van der Waals surface area contributed by atoms with Gasteiger partial charge >= 0.3 is 0 Å². The molecule has 0 bridgehead atoms. The van der Waals surface area contributed by atoms with E-state index in [1.165, 1.54) is 0 Å². The molecule has 108 valence electrons. The quantitative estimate of drug-likeness (QED) is 0.719. The topological polar surface area (TPSA) is 32.3 Å². The van der Waals surface area contributed by atoms with Crippen LogP contribution in [0.2, 0.25) is 0 Å². The molecular formula is C14H23IN2OS. The Labute approximate surface area is 133 Å². The Hall–Kier alpha value is -0.140. The number of nitrogens with one attached hydrogen (secondary N) is 1. The van der Waals surface area contributed by atoms with Crippen molar-refractivity contribution in [2.75, 3.05) is 20.6 Å². The van der Waals surface area contributed by atoms with E-state index in [9.17, 15) is 4.79 Å². The van der Waals surface area contributed by atoms with Crippen molar-refractivity contribution in [1.82, 2.24) is 10.2 Å². The average molecular weight is 394 g/mol. The molecule has 1 rings (SSSR count). The van der Waals surface area contributed by atoms with Crippen LogP contribution in [0.25, 0.3) is 0 Å². The molecule has 1 heterocycles. The van der Waals surface area contributed by atoms with E-state index in [-0.39, 0.29) is 5.91 Å². The molecule has 1 aromatic heterocycles. The Morgan fingerprint density at radius 1 is 1.42 bits per heavy atom. The number of likely N-dealkylation sites (N-methyl/N-ethyl adjacent to an activating group) is 1. The zero-order chi connectivity index (χ0) is 14.4. The maximum atomic E-state index is 12.1. The number of amides is 1. The van der Waals surface area contributed by atoms with Crippen LogP contribution in [-0.4, -0.2) is 37.5 Å². The van der Waals surface area contributed by atoms with Crippen LogP contribution in [0.5, 0.6) is 0 Å². The van der Waals surface area contributed by atoms with Crippen LogP contribution in [0.1, 0.15) is 37.0 Å². The summed E-state index contributed by atoms with van der Waals surface area (Å²) >= 11 is 3.84. The summed E-state index contributed by atoms with van der Waals surface area (Å²) in [5.41, 5.74) is 0.774. The first kappa shape index (κ1) is 16.9. The Morgan fingerprint density at radius 2 is 2.05 bits per heavy atom. The summed E-state index contributed by atoms with van der Waals surface area (Å²) in [7, 11) is 4.17. The van der Waals surface area contributed by atoms with Gasteiger partial charge in [-0.15, -0.1) is 11.3 Å². The molecule has 1 atom stereocenters. The highest BCUT2D eigenvalue weighted by Gasteiger charge is 2.21. The monoisotopic (exact) mass is 394 g/mol. The number of halogens is 1. The Morgan fingerprint density at radius 3 is 2.47 bits per heavy atom. The summed E-state index contributed by atoms with van der Waals surface area (Å²) in [6, 6.07) is 2.33.